The summed E-state index contributed by atoms with van der Waals surface area (Å²) in [5.74, 6) is 0.401. The van der Waals surface area contributed by atoms with Gasteiger partial charge in [-0.05, 0) is 44.0 Å². The molecule has 0 saturated carbocycles. The molecule has 3 heterocycles. The monoisotopic (exact) mass is 275 g/mol. The fourth-order valence-corrected chi connectivity index (χ4v) is 3.35. The molecule has 5 nitrogen and oxygen atoms in total. The maximum absolute atomic E-state index is 11.5. The molecule has 2 atom stereocenters. The van der Waals surface area contributed by atoms with Gasteiger partial charge in [0.1, 0.15) is 5.69 Å². The minimum Gasteiger partial charge on any atom is -0.464 e. The van der Waals surface area contributed by atoms with Crippen LogP contribution in [-0.4, -0.2) is 48.6 Å². The normalized spacial score (nSPS) is 26.2. The van der Waals surface area contributed by atoms with Gasteiger partial charge in [0.05, 0.1) is 12.8 Å². The molecule has 5 heteroatoms. The van der Waals surface area contributed by atoms with Crippen LogP contribution < -0.4 is 5.32 Å². The van der Waals surface area contributed by atoms with Gasteiger partial charge in [0.2, 0.25) is 0 Å². The second-order valence-corrected chi connectivity index (χ2v) is 5.60. The van der Waals surface area contributed by atoms with Gasteiger partial charge in [0, 0.05) is 19.1 Å². The third-order valence-corrected chi connectivity index (χ3v) is 4.36. The van der Waals surface area contributed by atoms with E-state index >= 15 is 0 Å². The van der Waals surface area contributed by atoms with Crippen molar-refractivity contribution >= 4 is 5.97 Å². The van der Waals surface area contributed by atoms with E-state index in [4.69, 9.17) is 4.74 Å². The predicted molar refractivity (Wildman–Crippen MR) is 75.4 cm³/mol. The standard InChI is InChI=1S/C15H21N3O2/c1-20-15(19)13-6-2-5-12(17-13)10-18-7-3-4-11-8-16-9-14(11)18/h2,5-6,11,14,16H,3-4,7-10H2,1H3. The maximum Gasteiger partial charge on any atom is 0.356 e. The Kier molecular flexibility index (Phi) is 3.98. The van der Waals surface area contributed by atoms with Crippen LogP contribution in [0.4, 0.5) is 0 Å². The Hall–Kier alpha value is -1.46. The summed E-state index contributed by atoms with van der Waals surface area (Å²) >= 11 is 0. The zero-order valence-electron chi connectivity index (χ0n) is 11.8. The predicted octanol–water partition coefficient (Wildman–Crippen LogP) is 1.05. The number of nitrogens with one attached hydrogen (secondary N) is 1. The van der Waals surface area contributed by atoms with Crippen molar-refractivity contribution in [3.63, 3.8) is 0 Å². The second kappa shape index (κ2) is 5.89. The van der Waals surface area contributed by atoms with Crippen molar-refractivity contribution < 1.29 is 9.53 Å². The molecule has 1 aromatic heterocycles. The summed E-state index contributed by atoms with van der Waals surface area (Å²) in [5.41, 5.74) is 1.34. The summed E-state index contributed by atoms with van der Waals surface area (Å²) in [6.07, 6.45) is 2.57. The molecule has 0 aromatic carbocycles. The molecule has 3 rings (SSSR count). The van der Waals surface area contributed by atoms with E-state index in [1.165, 1.54) is 20.0 Å². The fourth-order valence-electron chi connectivity index (χ4n) is 3.35. The van der Waals surface area contributed by atoms with Crippen molar-refractivity contribution in [2.75, 3.05) is 26.7 Å². The average molecular weight is 275 g/mol. The first-order valence-corrected chi connectivity index (χ1v) is 7.27. The number of rotatable bonds is 3. The molecule has 2 aliphatic heterocycles. The minimum atomic E-state index is -0.370. The van der Waals surface area contributed by atoms with Gasteiger partial charge in [0.25, 0.3) is 0 Å². The second-order valence-electron chi connectivity index (χ2n) is 5.60. The summed E-state index contributed by atoms with van der Waals surface area (Å²) in [5, 5.41) is 3.48. The summed E-state index contributed by atoms with van der Waals surface area (Å²) < 4.78 is 4.73. The Morgan fingerprint density at radius 3 is 3.25 bits per heavy atom. The number of ether oxygens (including phenoxy) is 1. The van der Waals surface area contributed by atoms with E-state index in [0.717, 1.165) is 37.8 Å². The van der Waals surface area contributed by atoms with Crippen molar-refractivity contribution in [2.45, 2.75) is 25.4 Å². The highest BCUT2D eigenvalue weighted by molar-refractivity contribution is 5.87. The van der Waals surface area contributed by atoms with Crippen LogP contribution in [0.25, 0.3) is 0 Å². The van der Waals surface area contributed by atoms with E-state index in [-0.39, 0.29) is 5.97 Å². The number of aromatic nitrogens is 1. The van der Waals surface area contributed by atoms with Gasteiger partial charge < -0.3 is 10.1 Å². The molecular weight excluding hydrogens is 254 g/mol. The number of hydrogen-bond acceptors (Lipinski definition) is 5. The fraction of sp³-hybridized carbons (Fsp3) is 0.600. The van der Waals surface area contributed by atoms with Gasteiger partial charge in [-0.25, -0.2) is 9.78 Å². The van der Waals surface area contributed by atoms with Crippen LogP contribution in [0.1, 0.15) is 29.0 Å². The molecule has 0 amide bonds. The first-order chi connectivity index (χ1) is 9.78. The number of pyridine rings is 1. The van der Waals surface area contributed by atoms with Gasteiger partial charge in [-0.3, -0.25) is 4.90 Å². The number of nitrogens with zero attached hydrogens (tertiary/aromatic N) is 2. The van der Waals surface area contributed by atoms with Crippen LogP contribution in [0.5, 0.6) is 0 Å². The van der Waals surface area contributed by atoms with E-state index < -0.39 is 0 Å². The van der Waals surface area contributed by atoms with E-state index in [2.05, 4.69) is 15.2 Å². The number of likely N-dealkylation sites (tertiary alicyclic amines) is 1. The highest BCUT2D eigenvalue weighted by atomic mass is 16.5. The molecule has 0 radical (unpaired) electrons. The Morgan fingerprint density at radius 2 is 2.40 bits per heavy atom. The summed E-state index contributed by atoms with van der Waals surface area (Å²) in [6, 6.07) is 6.18. The van der Waals surface area contributed by atoms with E-state index in [9.17, 15) is 4.79 Å². The van der Waals surface area contributed by atoms with Crippen LogP contribution in [0.3, 0.4) is 0 Å². The zero-order valence-corrected chi connectivity index (χ0v) is 11.8. The van der Waals surface area contributed by atoms with Crippen molar-refractivity contribution in [3.05, 3.63) is 29.6 Å². The molecule has 2 saturated heterocycles. The molecule has 2 unspecified atom stereocenters. The maximum atomic E-state index is 11.5. The highest BCUT2D eigenvalue weighted by Crippen LogP contribution is 2.27. The van der Waals surface area contributed by atoms with Crippen molar-refractivity contribution in [1.82, 2.24) is 15.2 Å². The van der Waals surface area contributed by atoms with E-state index in [1.807, 2.05) is 12.1 Å². The molecule has 1 N–H and O–H groups in total. The first kappa shape index (κ1) is 13.5. The largest absolute Gasteiger partial charge is 0.464 e. The van der Waals surface area contributed by atoms with Crippen LogP contribution >= 0.6 is 0 Å². The Morgan fingerprint density at radius 1 is 1.50 bits per heavy atom. The van der Waals surface area contributed by atoms with Crippen LogP contribution in [0.2, 0.25) is 0 Å². The number of esters is 1. The molecule has 108 valence electrons. The van der Waals surface area contributed by atoms with Crippen molar-refractivity contribution in [2.24, 2.45) is 5.92 Å². The first-order valence-electron chi connectivity index (χ1n) is 7.27. The molecule has 0 spiro atoms. The number of piperidine rings is 1. The number of carbonyl (C=O) groups excluding carboxylic acids is 1. The van der Waals surface area contributed by atoms with Gasteiger partial charge >= 0.3 is 5.97 Å². The Labute approximate surface area is 119 Å². The molecule has 2 fully saturated rings. The summed E-state index contributed by atoms with van der Waals surface area (Å²) in [6.45, 7) is 4.14. The average Bonchev–Trinajstić information content (AvgIpc) is 2.96. The van der Waals surface area contributed by atoms with Crippen LogP contribution in [-0.2, 0) is 11.3 Å². The van der Waals surface area contributed by atoms with E-state index in [1.54, 1.807) is 6.07 Å². The molecule has 1 aromatic rings. The molecule has 0 bridgehead atoms. The lowest BCUT2D eigenvalue weighted by molar-refractivity contribution is 0.0593. The lowest BCUT2D eigenvalue weighted by atomic mass is 9.92. The molecule has 20 heavy (non-hydrogen) atoms. The SMILES string of the molecule is COC(=O)c1cccc(CN2CCCC3CNCC32)n1. The topological polar surface area (TPSA) is 54.5 Å². The summed E-state index contributed by atoms with van der Waals surface area (Å²) in [7, 11) is 1.39. The Bertz CT molecular complexity index is 492. The number of carbonyl (C=O) groups is 1. The van der Waals surface area contributed by atoms with Gasteiger partial charge in [-0.1, -0.05) is 6.07 Å². The van der Waals surface area contributed by atoms with Crippen molar-refractivity contribution in [3.8, 4) is 0 Å². The zero-order chi connectivity index (χ0) is 13.9. The third-order valence-electron chi connectivity index (χ3n) is 4.36. The Balaban J connectivity index is 1.72. The number of fused-ring (bicyclic) bond motifs is 1. The molecular formula is C15H21N3O2. The smallest absolute Gasteiger partial charge is 0.356 e. The quantitative estimate of drug-likeness (QED) is 0.836. The number of methoxy groups -OCH3 is 1. The highest BCUT2D eigenvalue weighted by Gasteiger charge is 2.34. The molecule has 2 aliphatic rings. The van der Waals surface area contributed by atoms with Crippen molar-refractivity contribution in [1.29, 1.82) is 0 Å². The molecule has 0 aliphatic carbocycles. The lowest BCUT2D eigenvalue weighted by Gasteiger charge is -2.36. The van der Waals surface area contributed by atoms with Crippen LogP contribution in [0, 0.1) is 5.92 Å². The van der Waals surface area contributed by atoms with Gasteiger partial charge in [-0.15, -0.1) is 0 Å². The number of hydrogen-bond donors (Lipinski definition) is 1. The summed E-state index contributed by atoms with van der Waals surface area (Å²) in [4.78, 5) is 18.4. The van der Waals surface area contributed by atoms with Gasteiger partial charge in [0.15, 0.2) is 0 Å². The minimum absolute atomic E-state index is 0.370. The third kappa shape index (κ3) is 2.69. The van der Waals surface area contributed by atoms with Crippen LogP contribution in [0.15, 0.2) is 18.2 Å². The lowest BCUT2D eigenvalue weighted by Crippen LogP contribution is -2.44. The van der Waals surface area contributed by atoms with Gasteiger partial charge in [-0.2, -0.15) is 0 Å². The van der Waals surface area contributed by atoms with E-state index in [0.29, 0.717) is 11.7 Å².